The van der Waals surface area contributed by atoms with E-state index in [0.29, 0.717) is 16.9 Å². The van der Waals surface area contributed by atoms with E-state index < -0.39 is 11.5 Å². The van der Waals surface area contributed by atoms with E-state index in [-0.39, 0.29) is 5.56 Å². The number of benzene rings is 1. The second kappa shape index (κ2) is 4.49. The van der Waals surface area contributed by atoms with Crippen molar-refractivity contribution in [1.82, 2.24) is 4.57 Å². The van der Waals surface area contributed by atoms with Gasteiger partial charge in [0.2, 0.25) is 0 Å². The molecule has 1 aromatic heterocycles. The Hall–Kier alpha value is -2.36. The summed E-state index contributed by atoms with van der Waals surface area (Å²) in [5, 5.41) is 9.10. The molecule has 0 bridgehead atoms. The standard InChI is InChI=1S/C14H13NO3/c1-9-8-10(2)15(11-6-4-3-5-7-11)13(16)12(9)14(17)18/h3-8H,1-2H3,(H,17,18). The molecule has 0 saturated carbocycles. The van der Waals surface area contributed by atoms with Crippen molar-refractivity contribution >= 4 is 5.97 Å². The third-order valence-corrected chi connectivity index (χ3v) is 2.82. The van der Waals surface area contributed by atoms with Crippen molar-refractivity contribution in [2.24, 2.45) is 0 Å². The molecule has 0 radical (unpaired) electrons. The van der Waals surface area contributed by atoms with E-state index in [1.807, 2.05) is 18.2 Å². The van der Waals surface area contributed by atoms with Crippen LogP contribution in [0.2, 0.25) is 0 Å². The van der Waals surface area contributed by atoms with Crippen molar-refractivity contribution in [3.05, 3.63) is 63.6 Å². The quantitative estimate of drug-likeness (QED) is 0.879. The van der Waals surface area contributed by atoms with E-state index in [2.05, 4.69) is 0 Å². The average Bonchev–Trinajstić information content (AvgIpc) is 2.28. The minimum absolute atomic E-state index is 0.176. The Morgan fingerprint density at radius 3 is 2.33 bits per heavy atom. The van der Waals surface area contributed by atoms with Crippen molar-refractivity contribution in [2.75, 3.05) is 0 Å². The second-order valence-electron chi connectivity index (χ2n) is 4.12. The van der Waals surface area contributed by atoms with Gasteiger partial charge in [-0.15, -0.1) is 0 Å². The van der Waals surface area contributed by atoms with E-state index in [0.717, 1.165) is 0 Å². The van der Waals surface area contributed by atoms with Crippen LogP contribution in [0.4, 0.5) is 0 Å². The Morgan fingerprint density at radius 2 is 1.78 bits per heavy atom. The lowest BCUT2D eigenvalue weighted by atomic mass is 10.1. The zero-order chi connectivity index (χ0) is 13.3. The molecule has 2 rings (SSSR count). The van der Waals surface area contributed by atoms with Crippen LogP contribution in [0.3, 0.4) is 0 Å². The van der Waals surface area contributed by atoms with E-state index >= 15 is 0 Å². The van der Waals surface area contributed by atoms with Crippen LogP contribution in [0.1, 0.15) is 21.6 Å². The number of aryl methyl sites for hydroxylation is 2. The van der Waals surface area contributed by atoms with Crippen LogP contribution in [-0.2, 0) is 0 Å². The predicted molar refractivity (Wildman–Crippen MR) is 68.5 cm³/mol. The molecule has 0 saturated heterocycles. The fourth-order valence-corrected chi connectivity index (χ4v) is 2.05. The van der Waals surface area contributed by atoms with Crippen LogP contribution >= 0.6 is 0 Å². The molecule has 0 spiro atoms. The smallest absolute Gasteiger partial charge is 0.341 e. The molecule has 92 valence electrons. The van der Waals surface area contributed by atoms with Gasteiger partial charge in [-0.25, -0.2) is 4.79 Å². The molecular formula is C14H13NO3. The first kappa shape index (κ1) is 12.1. The fourth-order valence-electron chi connectivity index (χ4n) is 2.05. The molecule has 0 unspecified atom stereocenters. The summed E-state index contributed by atoms with van der Waals surface area (Å²) in [7, 11) is 0. The summed E-state index contributed by atoms with van der Waals surface area (Å²) in [6, 6.07) is 10.7. The van der Waals surface area contributed by atoms with Gasteiger partial charge in [0, 0.05) is 11.4 Å². The summed E-state index contributed by atoms with van der Waals surface area (Å²) >= 11 is 0. The van der Waals surface area contributed by atoms with E-state index in [1.165, 1.54) is 4.57 Å². The molecule has 4 nitrogen and oxygen atoms in total. The lowest BCUT2D eigenvalue weighted by Crippen LogP contribution is -2.28. The van der Waals surface area contributed by atoms with Crippen LogP contribution < -0.4 is 5.56 Å². The Morgan fingerprint density at radius 1 is 1.17 bits per heavy atom. The maximum absolute atomic E-state index is 12.2. The lowest BCUT2D eigenvalue weighted by Gasteiger charge is -2.12. The molecule has 0 amide bonds. The molecule has 4 heteroatoms. The summed E-state index contributed by atoms with van der Waals surface area (Å²) < 4.78 is 1.41. The highest BCUT2D eigenvalue weighted by Crippen LogP contribution is 2.12. The Labute approximate surface area is 104 Å². The normalized spacial score (nSPS) is 10.3. The van der Waals surface area contributed by atoms with Crippen LogP contribution in [0.15, 0.2) is 41.2 Å². The van der Waals surface area contributed by atoms with Gasteiger partial charge in [-0.1, -0.05) is 18.2 Å². The first-order valence-corrected chi connectivity index (χ1v) is 5.54. The zero-order valence-corrected chi connectivity index (χ0v) is 10.2. The van der Waals surface area contributed by atoms with Gasteiger partial charge in [0.25, 0.3) is 5.56 Å². The predicted octanol–water partition coefficient (Wildman–Crippen LogP) is 2.15. The topological polar surface area (TPSA) is 59.3 Å². The fraction of sp³-hybridized carbons (Fsp3) is 0.143. The number of rotatable bonds is 2. The first-order chi connectivity index (χ1) is 8.52. The number of hydrogen-bond donors (Lipinski definition) is 1. The maximum atomic E-state index is 12.2. The number of carboxylic acid groups (broad SMARTS) is 1. The molecule has 1 heterocycles. The highest BCUT2D eigenvalue weighted by atomic mass is 16.4. The van der Waals surface area contributed by atoms with Gasteiger partial charge < -0.3 is 5.11 Å². The van der Waals surface area contributed by atoms with Crippen molar-refractivity contribution in [3.8, 4) is 5.69 Å². The summed E-state index contributed by atoms with van der Waals surface area (Å²) in [5.74, 6) is -1.19. The third-order valence-electron chi connectivity index (χ3n) is 2.82. The minimum Gasteiger partial charge on any atom is -0.477 e. The lowest BCUT2D eigenvalue weighted by molar-refractivity contribution is 0.0693. The number of pyridine rings is 1. The molecule has 0 aliphatic carbocycles. The zero-order valence-electron chi connectivity index (χ0n) is 10.2. The van der Waals surface area contributed by atoms with Gasteiger partial charge in [-0.2, -0.15) is 0 Å². The molecule has 1 aromatic carbocycles. The molecule has 0 atom stereocenters. The molecule has 0 aliphatic heterocycles. The minimum atomic E-state index is -1.19. The second-order valence-corrected chi connectivity index (χ2v) is 4.12. The van der Waals surface area contributed by atoms with Crippen LogP contribution in [0.25, 0.3) is 5.69 Å². The number of aromatic carboxylic acids is 1. The number of aromatic nitrogens is 1. The van der Waals surface area contributed by atoms with Gasteiger partial charge in [-0.05, 0) is 37.6 Å². The number of carbonyl (C=O) groups is 1. The first-order valence-electron chi connectivity index (χ1n) is 5.54. The van der Waals surface area contributed by atoms with Crippen LogP contribution in [-0.4, -0.2) is 15.6 Å². The van der Waals surface area contributed by atoms with Gasteiger partial charge in [0.15, 0.2) is 0 Å². The molecule has 0 fully saturated rings. The van der Waals surface area contributed by atoms with Crippen molar-refractivity contribution in [3.63, 3.8) is 0 Å². The Bertz CT molecular complexity index is 657. The average molecular weight is 243 g/mol. The molecular weight excluding hydrogens is 230 g/mol. The van der Waals surface area contributed by atoms with Gasteiger partial charge in [0.1, 0.15) is 5.56 Å². The highest BCUT2D eigenvalue weighted by molar-refractivity contribution is 5.89. The van der Waals surface area contributed by atoms with Crippen molar-refractivity contribution in [1.29, 1.82) is 0 Å². The van der Waals surface area contributed by atoms with E-state index in [4.69, 9.17) is 5.11 Å². The highest BCUT2D eigenvalue weighted by Gasteiger charge is 2.16. The monoisotopic (exact) mass is 243 g/mol. The SMILES string of the molecule is Cc1cc(C)n(-c2ccccc2)c(=O)c1C(=O)O. The van der Waals surface area contributed by atoms with E-state index in [1.54, 1.807) is 32.0 Å². The molecule has 18 heavy (non-hydrogen) atoms. The van der Waals surface area contributed by atoms with Crippen molar-refractivity contribution < 1.29 is 9.90 Å². The largest absolute Gasteiger partial charge is 0.477 e. The van der Waals surface area contributed by atoms with Gasteiger partial charge in [0.05, 0.1) is 0 Å². The number of para-hydroxylation sites is 1. The van der Waals surface area contributed by atoms with Crippen LogP contribution in [0, 0.1) is 13.8 Å². The number of carboxylic acids is 1. The van der Waals surface area contributed by atoms with Gasteiger partial charge >= 0.3 is 5.97 Å². The van der Waals surface area contributed by atoms with E-state index in [9.17, 15) is 9.59 Å². The summed E-state index contributed by atoms with van der Waals surface area (Å²) in [6.07, 6.45) is 0. The summed E-state index contributed by atoms with van der Waals surface area (Å²) in [5.41, 5.74) is 1.20. The van der Waals surface area contributed by atoms with Crippen molar-refractivity contribution in [2.45, 2.75) is 13.8 Å². The summed E-state index contributed by atoms with van der Waals surface area (Å²) in [4.78, 5) is 23.4. The number of hydrogen-bond acceptors (Lipinski definition) is 2. The van der Waals surface area contributed by atoms with Crippen LogP contribution in [0.5, 0.6) is 0 Å². The van der Waals surface area contributed by atoms with Gasteiger partial charge in [-0.3, -0.25) is 9.36 Å². The summed E-state index contributed by atoms with van der Waals surface area (Å²) in [6.45, 7) is 3.42. The Kier molecular flexibility index (Phi) is 3.02. The maximum Gasteiger partial charge on any atom is 0.341 e. The molecule has 0 aliphatic rings. The third kappa shape index (κ3) is 1.93. The molecule has 2 aromatic rings. The number of nitrogens with zero attached hydrogens (tertiary/aromatic N) is 1. The molecule has 1 N–H and O–H groups in total. The Balaban J connectivity index is 2.81.